The average molecular weight is 485 g/mol. The van der Waals surface area contributed by atoms with E-state index < -0.39 is 17.6 Å². The lowest BCUT2D eigenvalue weighted by Crippen LogP contribution is -2.20. The number of anilines is 2. The number of nitrogens with zero attached hydrogens (tertiary/aromatic N) is 3. The van der Waals surface area contributed by atoms with Crippen LogP contribution in [0.1, 0.15) is 57.9 Å². The molecule has 1 aromatic heterocycles. The van der Waals surface area contributed by atoms with Crippen molar-refractivity contribution in [2.75, 3.05) is 17.9 Å². The minimum atomic E-state index is -0.847. The van der Waals surface area contributed by atoms with Gasteiger partial charge >= 0.3 is 0 Å². The average Bonchev–Trinajstić information content (AvgIpc) is 3.48. The number of hydrogen-bond acceptors (Lipinski definition) is 7. The fourth-order valence-electron chi connectivity index (χ4n) is 4.15. The van der Waals surface area contributed by atoms with Crippen LogP contribution in [0.15, 0.2) is 46.7 Å². The van der Waals surface area contributed by atoms with E-state index in [0.717, 1.165) is 25.7 Å². The zero-order valence-corrected chi connectivity index (χ0v) is 19.6. The number of benzene rings is 2. The molecule has 0 bridgehead atoms. The van der Waals surface area contributed by atoms with Crippen LogP contribution in [-0.2, 0) is 11.9 Å². The van der Waals surface area contributed by atoms with E-state index in [9.17, 15) is 9.59 Å². The van der Waals surface area contributed by atoms with Crippen LogP contribution in [0.25, 0.3) is 0 Å². The van der Waals surface area contributed by atoms with Gasteiger partial charge in [-0.2, -0.15) is 0 Å². The summed E-state index contributed by atoms with van der Waals surface area (Å²) in [5.41, 5.74) is 9.33. The third-order valence-electron chi connectivity index (χ3n) is 5.78. The van der Waals surface area contributed by atoms with E-state index in [1.165, 1.54) is 24.9 Å². The van der Waals surface area contributed by atoms with Gasteiger partial charge in [-0.05, 0) is 60.4 Å². The molecule has 3 aromatic rings. The van der Waals surface area contributed by atoms with Crippen molar-refractivity contribution in [3.8, 4) is 0 Å². The van der Waals surface area contributed by atoms with Crippen molar-refractivity contribution in [3.63, 3.8) is 0 Å². The Kier molecular flexibility index (Phi) is 7.13. The summed E-state index contributed by atoms with van der Waals surface area (Å²) < 4.78 is 17.1. The van der Waals surface area contributed by atoms with Gasteiger partial charge in [0.05, 0.1) is 29.6 Å². The van der Waals surface area contributed by atoms with Crippen LogP contribution in [0, 0.1) is 5.82 Å². The molecule has 0 saturated heterocycles. The molecule has 2 amide bonds. The van der Waals surface area contributed by atoms with Crippen LogP contribution < -0.4 is 16.5 Å². The summed E-state index contributed by atoms with van der Waals surface area (Å²) in [6.07, 6.45) is 5.37. The molecular formula is C23H25FN6O3S. The summed E-state index contributed by atoms with van der Waals surface area (Å²) >= 11 is 1.24. The molecule has 1 saturated carbocycles. The number of rotatable bonds is 8. The van der Waals surface area contributed by atoms with Gasteiger partial charge in [0.1, 0.15) is 6.33 Å². The Morgan fingerprint density at radius 2 is 2.00 bits per heavy atom. The van der Waals surface area contributed by atoms with Crippen LogP contribution in [0.4, 0.5) is 15.8 Å². The third kappa shape index (κ3) is 4.90. The van der Waals surface area contributed by atoms with Gasteiger partial charge in [0.2, 0.25) is 0 Å². The molecule has 2 aromatic carbocycles. The molecule has 1 aliphatic rings. The number of primary amides is 1. The summed E-state index contributed by atoms with van der Waals surface area (Å²) in [6.45, 7) is 0. The fraction of sp³-hybridized carbons (Fsp3) is 0.304. The zero-order chi connectivity index (χ0) is 24.2. The largest absolute Gasteiger partial charge is 0.365 e. The van der Waals surface area contributed by atoms with Crippen LogP contribution in [0.2, 0.25) is 0 Å². The number of hydrogen-bond donors (Lipinski definition) is 3. The number of nitrogens with one attached hydrogen (secondary N) is 2. The highest BCUT2D eigenvalue weighted by Crippen LogP contribution is 2.38. The molecule has 4 N–H and O–H groups in total. The number of aryl methyl sites for hydroxylation is 1. The van der Waals surface area contributed by atoms with Crippen molar-refractivity contribution in [2.45, 2.75) is 41.7 Å². The molecule has 34 heavy (non-hydrogen) atoms. The second-order valence-corrected chi connectivity index (χ2v) is 9.04. The van der Waals surface area contributed by atoms with Crippen molar-refractivity contribution in [3.05, 3.63) is 59.2 Å². The lowest BCUT2D eigenvalue weighted by atomic mass is 9.91. The Bertz CT molecular complexity index is 1230. The number of aromatic nitrogens is 3. The monoisotopic (exact) mass is 484 g/mol. The standard InChI is InChI=1S/C23H25FN6O3S/c1-30-12-26-28-23(30)34-18-10-7-14(29-33-2)11-16(18)22(32)27-17-9-8-15(13-5-3-4-6-13)19(20(17)24)21(25)31/h7-13,29H,3-6H2,1-2H3,(H2,25,31)(H,27,32). The van der Waals surface area contributed by atoms with Gasteiger partial charge in [0, 0.05) is 11.9 Å². The molecule has 0 aliphatic heterocycles. The van der Waals surface area contributed by atoms with Crippen molar-refractivity contribution in [1.82, 2.24) is 14.8 Å². The number of nitrogens with two attached hydrogens (primary N) is 1. The first kappa shape index (κ1) is 23.7. The zero-order valence-electron chi connectivity index (χ0n) is 18.8. The van der Waals surface area contributed by atoms with Gasteiger partial charge < -0.3 is 15.6 Å². The number of halogens is 1. The van der Waals surface area contributed by atoms with Gasteiger partial charge in [0.15, 0.2) is 11.0 Å². The van der Waals surface area contributed by atoms with Crippen LogP contribution >= 0.6 is 11.8 Å². The minimum Gasteiger partial charge on any atom is -0.365 e. The Morgan fingerprint density at radius 3 is 2.65 bits per heavy atom. The highest BCUT2D eigenvalue weighted by molar-refractivity contribution is 7.99. The van der Waals surface area contributed by atoms with Gasteiger partial charge in [-0.1, -0.05) is 18.9 Å². The SMILES string of the molecule is CONc1ccc(Sc2nncn2C)c(C(=O)Nc2ccc(C3CCCC3)c(C(N)=O)c2F)c1. The molecule has 0 radical (unpaired) electrons. The Hall–Kier alpha value is -3.44. The molecule has 1 fully saturated rings. The van der Waals surface area contributed by atoms with E-state index in [4.69, 9.17) is 10.6 Å². The van der Waals surface area contributed by atoms with Crippen molar-refractivity contribution < 1.29 is 18.8 Å². The second-order valence-electron chi connectivity index (χ2n) is 8.03. The molecular weight excluding hydrogens is 459 g/mol. The first-order chi connectivity index (χ1) is 16.4. The normalized spacial score (nSPS) is 13.7. The van der Waals surface area contributed by atoms with E-state index in [1.54, 1.807) is 42.2 Å². The van der Waals surface area contributed by atoms with Crippen LogP contribution in [0.3, 0.4) is 0 Å². The lowest BCUT2D eigenvalue weighted by Gasteiger charge is -2.17. The molecule has 0 spiro atoms. The Labute approximate surface area is 200 Å². The van der Waals surface area contributed by atoms with Crippen molar-refractivity contribution in [1.29, 1.82) is 0 Å². The maximum absolute atomic E-state index is 15.4. The quantitative estimate of drug-likeness (QED) is 0.411. The molecule has 11 heteroatoms. The number of carbonyl (C=O) groups is 2. The van der Waals surface area contributed by atoms with Crippen LogP contribution in [-0.4, -0.2) is 33.7 Å². The molecule has 1 heterocycles. The van der Waals surface area contributed by atoms with E-state index in [1.807, 2.05) is 0 Å². The van der Waals surface area contributed by atoms with Gasteiger partial charge in [-0.3, -0.25) is 19.9 Å². The molecule has 0 atom stereocenters. The molecule has 4 rings (SSSR count). The highest BCUT2D eigenvalue weighted by atomic mass is 32.2. The minimum absolute atomic E-state index is 0.0907. The fourth-order valence-corrected chi connectivity index (χ4v) is 5.02. The van der Waals surface area contributed by atoms with Crippen molar-refractivity contribution in [2.24, 2.45) is 12.8 Å². The molecule has 9 nitrogen and oxygen atoms in total. The van der Waals surface area contributed by atoms with E-state index >= 15 is 4.39 Å². The number of carbonyl (C=O) groups excluding carboxylic acids is 2. The molecule has 1 aliphatic carbocycles. The first-order valence-electron chi connectivity index (χ1n) is 10.8. The number of amides is 2. The highest BCUT2D eigenvalue weighted by Gasteiger charge is 2.27. The summed E-state index contributed by atoms with van der Waals surface area (Å²) in [5, 5.41) is 11.1. The summed E-state index contributed by atoms with van der Waals surface area (Å²) in [7, 11) is 3.24. The maximum atomic E-state index is 15.4. The van der Waals surface area contributed by atoms with Crippen LogP contribution in [0.5, 0.6) is 0 Å². The van der Waals surface area contributed by atoms with Gasteiger partial charge in [-0.25, -0.2) is 4.39 Å². The first-order valence-corrected chi connectivity index (χ1v) is 11.6. The van der Waals surface area contributed by atoms with Crippen molar-refractivity contribution >= 4 is 35.0 Å². The lowest BCUT2D eigenvalue weighted by molar-refractivity contribution is 0.0990. The third-order valence-corrected chi connectivity index (χ3v) is 6.91. The Morgan fingerprint density at radius 1 is 1.24 bits per heavy atom. The van der Waals surface area contributed by atoms with E-state index in [-0.39, 0.29) is 22.7 Å². The topological polar surface area (TPSA) is 124 Å². The smallest absolute Gasteiger partial charge is 0.256 e. The summed E-state index contributed by atoms with van der Waals surface area (Å²) in [5.74, 6) is -2.14. The molecule has 0 unspecified atom stereocenters. The summed E-state index contributed by atoms with van der Waals surface area (Å²) in [6, 6.07) is 8.22. The van der Waals surface area contributed by atoms with E-state index in [2.05, 4.69) is 21.0 Å². The summed E-state index contributed by atoms with van der Waals surface area (Å²) in [4.78, 5) is 30.9. The van der Waals surface area contributed by atoms with E-state index in [0.29, 0.717) is 21.3 Å². The maximum Gasteiger partial charge on any atom is 0.256 e. The van der Waals surface area contributed by atoms with Gasteiger partial charge in [0.25, 0.3) is 11.8 Å². The predicted molar refractivity (Wildman–Crippen MR) is 126 cm³/mol. The van der Waals surface area contributed by atoms with Gasteiger partial charge in [-0.15, -0.1) is 10.2 Å². The Balaban J connectivity index is 1.67. The molecule has 178 valence electrons. The second kappa shape index (κ2) is 10.2. The predicted octanol–water partition coefficient (Wildman–Crippen LogP) is 4.09.